The number of para-hydroxylation sites is 1. The molecule has 0 bridgehead atoms. The van der Waals surface area contributed by atoms with Crippen LogP contribution in [0.15, 0.2) is 75.8 Å². The lowest BCUT2D eigenvalue weighted by molar-refractivity contribution is 0.102. The second-order valence-electron chi connectivity index (χ2n) is 8.24. The molecular weight excluding hydrogens is 565 g/mol. The molecule has 9 nitrogen and oxygen atoms in total. The number of carbonyl (C=O) groups excluding carboxylic acids is 1. The second kappa shape index (κ2) is 11.6. The molecule has 0 aliphatic heterocycles. The average Bonchev–Trinajstić information content (AvgIpc) is 2.89. The first-order chi connectivity index (χ1) is 18.6. The standard InChI is InChI=1S/C27H23Cl2N3O6S/c1-3-16-19(28)12-13-22(39(35,36)37)23(16)31-32-24-17-9-6-5-8-15(17)14-18(26(24)33)27(34)30-25-20(29)10-7-11-21(25)38-4-2/h5-14,33H,3-4H2,1-2H3,(H,30,34)(H,35,36,37). The lowest BCUT2D eigenvalue weighted by Crippen LogP contribution is -2.14. The van der Waals surface area contributed by atoms with Gasteiger partial charge in [-0.25, -0.2) is 0 Å². The Labute approximate surface area is 234 Å². The van der Waals surface area contributed by atoms with E-state index in [9.17, 15) is 22.9 Å². The number of nitrogens with zero attached hydrogens (tertiary/aromatic N) is 2. The summed E-state index contributed by atoms with van der Waals surface area (Å²) in [4.78, 5) is 12.9. The molecule has 1 amide bonds. The molecular formula is C27H23Cl2N3O6S. The molecule has 0 atom stereocenters. The number of phenols is 1. The van der Waals surface area contributed by atoms with Crippen molar-refractivity contribution in [1.82, 2.24) is 0 Å². The molecule has 0 unspecified atom stereocenters. The summed E-state index contributed by atoms with van der Waals surface area (Å²) in [5.74, 6) is -0.850. The Morgan fingerprint density at radius 2 is 1.69 bits per heavy atom. The smallest absolute Gasteiger partial charge is 0.296 e. The highest BCUT2D eigenvalue weighted by molar-refractivity contribution is 7.86. The highest BCUT2D eigenvalue weighted by Gasteiger charge is 2.23. The first kappa shape index (κ1) is 28.3. The van der Waals surface area contributed by atoms with Crippen LogP contribution in [-0.2, 0) is 16.5 Å². The summed E-state index contributed by atoms with van der Waals surface area (Å²) in [7, 11) is -4.67. The number of phenolic OH excluding ortho intramolecular Hbond substituents is 1. The number of fused-ring (bicyclic) bond motifs is 1. The van der Waals surface area contributed by atoms with E-state index in [-0.39, 0.29) is 39.1 Å². The molecule has 4 rings (SSSR count). The van der Waals surface area contributed by atoms with Crippen molar-refractivity contribution in [3.8, 4) is 11.5 Å². The Balaban J connectivity index is 1.88. The molecule has 0 fully saturated rings. The van der Waals surface area contributed by atoms with Crippen LogP contribution in [0.2, 0.25) is 10.0 Å². The largest absolute Gasteiger partial charge is 0.505 e. The van der Waals surface area contributed by atoms with Crippen molar-refractivity contribution in [2.45, 2.75) is 25.2 Å². The molecule has 0 aromatic heterocycles. The van der Waals surface area contributed by atoms with Crippen molar-refractivity contribution >= 4 is 67.1 Å². The summed E-state index contributed by atoms with van der Waals surface area (Å²) in [5.41, 5.74) is 0.150. The number of halogens is 2. The number of hydrogen-bond acceptors (Lipinski definition) is 7. The molecule has 202 valence electrons. The van der Waals surface area contributed by atoms with Gasteiger partial charge in [-0.1, -0.05) is 60.5 Å². The predicted octanol–water partition coefficient (Wildman–Crippen LogP) is 7.73. The van der Waals surface area contributed by atoms with Gasteiger partial charge >= 0.3 is 0 Å². The summed E-state index contributed by atoms with van der Waals surface area (Å²) < 4.78 is 39.4. The number of aromatic hydroxyl groups is 1. The van der Waals surface area contributed by atoms with E-state index in [0.29, 0.717) is 28.7 Å². The molecule has 0 spiro atoms. The van der Waals surface area contributed by atoms with E-state index in [4.69, 9.17) is 27.9 Å². The van der Waals surface area contributed by atoms with Gasteiger partial charge in [0.05, 0.1) is 17.2 Å². The molecule has 0 saturated carbocycles. The lowest BCUT2D eigenvalue weighted by atomic mass is 10.0. The van der Waals surface area contributed by atoms with E-state index in [0.717, 1.165) is 6.07 Å². The van der Waals surface area contributed by atoms with Crippen LogP contribution < -0.4 is 10.1 Å². The lowest BCUT2D eigenvalue weighted by Gasteiger charge is -2.15. The zero-order chi connectivity index (χ0) is 28.3. The first-order valence-electron chi connectivity index (χ1n) is 11.7. The fourth-order valence-corrected chi connectivity index (χ4v) is 5.17. The van der Waals surface area contributed by atoms with E-state index >= 15 is 0 Å². The summed E-state index contributed by atoms with van der Waals surface area (Å²) >= 11 is 12.6. The SMILES string of the molecule is CCOc1cccc(Cl)c1NC(=O)c1cc2ccccc2c(N=Nc2c(S(=O)(=O)O)ccc(Cl)c2CC)c1O. The van der Waals surface area contributed by atoms with Gasteiger partial charge in [-0.3, -0.25) is 9.35 Å². The van der Waals surface area contributed by atoms with Crippen molar-refractivity contribution in [2.75, 3.05) is 11.9 Å². The number of benzene rings is 4. The predicted molar refractivity (Wildman–Crippen MR) is 151 cm³/mol. The van der Waals surface area contributed by atoms with Crippen molar-refractivity contribution in [3.63, 3.8) is 0 Å². The van der Waals surface area contributed by atoms with Gasteiger partial charge in [0.15, 0.2) is 5.75 Å². The number of carbonyl (C=O) groups is 1. The Hall–Kier alpha value is -3.70. The summed E-state index contributed by atoms with van der Waals surface area (Å²) in [5, 5.41) is 23.6. The number of azo groups is 1. The quantitative estimate of drug-likeness (QED) is 0.142. The molecule has 0 radical (unpaired) electrons. The van der Waals surface area contributed by atoms with Crippen molar-refractivity contribution in [3.05, 3.63) is 81.8 Å². The van der Waals surface area contributed by atoms with E-state index in [2.05, 4.69) is 15.5 Å². The Bertz CT molecular complexity index is 1720. The van der Waals surface area contributed by atoms with Crippen molar-refractivity contribution in [1.29, 1.82) is 0 Å². The van der Waals surface area contributed by atoms with Crippen LogP contribution in [0.1, 0.15) is 29.8 Å². The molecule has 0 aliphatic rings. The van der Waals surface area contributed by atoms with Crippen LogP contribution in [0, 0.1) is 0 Å². The van der Waals surface area contributed by atoms with Crippen molar-refractivity contribution < 1.29 is 27.6 Å². The maximum absolute atomic E-state index is 13.4. The van der Waals surface area contributed by atoms with Crippen LogP contribution in [0.3, 0.4) is 0 Å². The van der Waals surface area contributed by atoms with Gasteiger partial charge in [0.25, 0.3) is 16.0 Å². The Morgan fingerprint density at radius 3 is 2.38 bits per heavy atom. The first-order valence-corrected chi connectivity index (χ1v) is 13.9. The van der Waals surface area contributed by atoms with Gasteiger partial charge in [-0.2, -0.15) is 8.42 Å². The van der Waals surface area contributed by atoms with Gasteiger partial charge in [-0.15, -0.1) is 10.2 Å². The van der Waals surface area contributed by atoms with Crippen LogP contribution >= 0.6 is 23.2 Å². The molecule has 4 aromatic rings. The maximum Gasteiger partial charge on any atom is 0.296 e. The Kier molecular flexibility index (Phi) is 8.41. The average molecular weight is 588 g/mol. The zero-order valence-corrected chi connectivity index (χ0v) is 23.1. The van der Waals surface area contributed by atoms with Gasteiger partial charge in [0.1, 0.15) is 27.7 Å². The molecule has 3 N–H and O–H groups in total. The normalized spacial score (nSPS) is 11.7. The van der Waals surface area contributed by atoms with E-state index in [1.54, 1.807) is 56.3 Å². The minimum Gasteiger partial charge on any atom is -0.505 e. The molecule has 0 saturated heterocycles. The zero-order valence-electron chi connectivity index (χ0n) is 20.8. The van der Waals surface area contributed by atoms with E-state index in [1.807, 2.05) is 0 Å². The molecule has 39 heavy (non-hydrogen) atoms. The van der Waals surface area contributed by atoms with Crippen LogP contribution in [0.4, 0.5) is 17.1 Å². The van der Waals surface area contributed by atoms with Gasteiger partial charge in [0.2, 0.25) is 0 Å². The van der Waals surface area contributed by atoms with Crippen LogP contribution in [0.5, 0.6) is 11.5 Å². The van der Waals surface area contributed by atoms with Gasteiger partial charge in [0, 0.05) is 10.4 Å². The van der Waals surface area contributed by atoms with Crippen LogP contribution in [-0.4, -0.2) is 30.6 Å². The number of nitrogens with one attached hydrogen (secondary N) is 1. The highest BCUT2D eigenvalue weighted by Crippen LogP contribution is 2.42. The number of anilines is 1. The van der Waals surface area contributed by atoms with Crippen LogP contribution in [0.25, 0.3) is 10.8 Å². The molecule has 12 heteroatoms. The molecule has 0 aliphatic carbocycles. The van der Waals surface area contributed by atoms with E-state index in [1.165, 1.54) is 12.1 Å². The molecule has 4 aromatic carbocycles. The topological polar surface area (TPSA) is 138 Å². The number of ether oxygens (including phenoxy) is 1. The fraction of sp³-hybridized carbons (Fsp3) is 0.148. The van der Waals surface area contributed by atoms with Gasteiger partial charge in [-0.05, 0) is 54.6 Å². The maximum atomic E-state index is 13.4. The highest BCUT2D eigenvalue weighted by atomic mass is 35.5. The third-order valence-electron chi connectivity index (χ3n) is 5.82. The van der Waals surface area contributed by atoms with Gasteiger partial charge < -0.3 is 15.2 Å². The fourth-order valence-electron chi connectivity index (χ4n) is 4.02. The minimum absolute atomic E-state index is 0.0919. The summed E-state index contributed by atoms with van der Waals surface area (Å²) in [6.07, 6.45) is 0.283. The monoisotopic (exact) mass is 587 g/mol. The summed E-state index contributed by atoms with van der Waals surface area (Å²) in [6.45, 7) is 3.86. The third kappa shape index (κ3) is 5.84. The third-order valence-corrected chi connectivity index (χ3v) is 7.38. The number of rotatable bonds is 8. The minimum atomic E-state index is -4.67. The van der Waals surface area contributed by atoms with E-state index < -0.39 is 26.7 Å². The second-order valence-corrected chi connectivity index (χ2v) is 10.4. The molecule has 0 heterocycles. The van der Waals surface area contributed by atoms with Crippen molar-refractivity contribution in [2.24, 2.45) is 10.2 Å². The number of amides is 1. The number of hydrogen-bond donors (Lipinski definition) is 3. The Morgan fingerprint density at radius 1 is 0.974 bits per heavy atom. The summed E-state index contributed by atoms with van der Waals surface area (Å²) in [6, 6.07) is 15.7.